The molecule has 0 aliphatic carbocycles. The number of hydrogen-bond donors (Lipinski definition) is 0. The Hall–Kier alpha value is -1.34. The third kappa shape index (κ3) is 3.40. The summed E-state index contributed by atoms with van der Waals surface area (Å²) >= 11 is 0. The molecule has 1 aromatic rings. The Labute approximate surface area is 115 Å². The molecule has 1 saturated heterocycles. The Bertz CT molecular complexity index is 607. The molecule has 1 aliphatic heterocycles. The molecule has 110 valence electrons. The molecule has 0 N–H and O–H groups in total. The van der Waals surface area contributed by atoms with Gasteiger partial charge in [0, 0.05) is 19.3 Å². The molecule has 0 atom stereocenters. The van der Waals surface area contributed by atoms with Gasteiger partial charge in [0.05, 0.1) is 10.8 Å². The fraction of sp³-hybridized carbons (Fsp3) is 0.462. The molecular weight excluding hydrogens is 290 g/mol. The number of halogens is 2. The average molecular weight is 304 g/mol. The molecule has 0 amide bonds. The zero-order valence-corrected chi connectivity index (χ0v) is 11.5. The number of ether oxygens (including phenoxy) is 1. The summed E-state index contributed by atoms with van der Waals surface area (Å²) in [7, 11) is -3.65. The fourth-order valence-corrected chi connectivity index (χ4v) is 3.80. The van der Waals surface area contributed by atoms with Crippen LogP contribution < -0.4 is 0 Å². The number of Topliss-reactive ketones (excluding diaryl/α,β-unsaturated/α-hetero) is 1. The molecule has 4 nitrogen and oxygen atoms in total. The quantitative estimate of drug-likeness (QED) is 0.795. The number of benzene rings is 1. The highest BCUT2D eigenvalue weighted by Crippen LogP contribution is 2.19. The third-order valence-electron chi connectivity index (χ3n) is 3.24. The smallest absolute Gasteiger partial charge is 0.180 e. The van der Waals surface area contributed by atoms with Gasteiger partial charge in [0.25, 0.3) is 0 Å². The minimum atomic E-state index is -3.65. The van der Waals surface area contributed by atoms with Crippen molar-refractivity contribution in [2.24, 2.45) is 0 Å². The lowest BCUT2D eigenvalue weighted by molar-refractivity contribution is 0.0970. The lowest BCUT2D eigenvalue weighted by Gasteiger charge is -2.21. The van der Waals surface area contributed by atoms with Crippen LogP contribution in [0.4, 0.5) is 8.78 Å². The minimum absolute atomic E-state index is 0.335. The van der Waals surface area contributed by atoms with Crippen LogP contribution in [-0.4, -0.2) is 38.4 Å². The van der Waals surface area contributed by atoms with Crippen molar-refractivity contribution in [1.29, 1.82) is 0 Å². The van der Waals surface area contributed by atoms with Crippen LogP contribution in [0.15, 0.2) is 18.2 Å². The zero-order chi connectivity index (χ0) is 14.8. The van der Waals surface area contributed by atoms with Crippen LogP contribution in [0, 0.1) is 11.6 Å². The van der Waals surface area contributed by atoms with Crippen LogP contribution in [0.5, 0.6) is 0 Å². The largest absolute Gasteiger partial charge is 0.381 e. The third-order valence-corrected chi connectivity index (χ3v) is 5.39. The van der Waals surface area contributed by atoms with E-state index in [-0.39, 0.29) is 0 Å². The SMILES string of the molecule is O=C(CS(=O)(=O)C1CCOCC1)c1ccc(F)cc1F. The summed E-state index contributed by atoms with van der Waals surface area (Å²) in [4.78, 5) is 11.9. The Morgan fingerprint density at radius 3 is 2.50 bits per heavy atom. The summed E-state index contributed by atoms with van der Waals surface area (Å²) in [6.07, 6.45) is 0.670. The second kappa shape index (κ2) is 5.97. The van der Waals surface area contributed by atoms with Gasteiger partial charge in [-0.2, -0.15) is 0 Å². The van der Waals surface area contributed by atoms with E-state index in [1.165, 1.54) is 0 Å². The van der Waals surface area contributed by atoms with E-state index in [0.717, 1.165) is 12.1 Å². The van der Waals surface area contributed by atoms with E-state index in [9.17, 15) is 22.0 Å². The first-order chi connectivity index (χ1) is 9.40. The topological polar surface area (TPSA) is 60.4 Å². The summed E-state index contributed by atoms with van der Waals surface area (Å²) in [5.74, 6) is -3.47. The zero-order valence-electron chi connectivity index (χ0n) is 10.6. The first kappa shape index (κ1) is 15.1. The van der Waals surface area contributed by atoms with Crippen molar-refractivity contribution < 1.29 is 26.7 Å². The van der Waals surface area contributed by atoms with Gasteiger partial charge < -0.3 is 4.74 Å². The predicted molar refractivity (Wildman–Crippen MR) is 68.3 cm³/mol. The van der Waals surface area contributed by atoms with Crippen LogP contribution in [0.25, 0.3) is 0 Å². The van der Waals surface area contributed by atoms with Gasteiger partial charge in [-0.3, -0.25) is 4.79 Å². The summed E-state index contributed by atoms with van der Waals surface area (Å²) in [5, 5.41) is -0.635. The Morgan fingerprint density at radius 2 is 1.90 bits per heavy atom. The van der Waals surface area contributed by atoms with E-state index in [1.807, 2.05) is 0 Å². The minimum Gasteiger partial charge on any atom is -0.381 e. The van der Waals surface area contributed by atoms with Gasteiger partial charge in [-0.25, -0.2) is 17.2 Å². The fourth-order valence-electron chi connectivity index (χ4n) is 2.13. The monoisotopic (exact) mass is 304 g/mol. The maximum atomic E-state index is 13.4. The summed E-state index contributed by atoms with van der Waals surface area (Å²) in [6, 6.07) is 2.46. The molecule has 20 heavy (non-hydrogen) atoms. The molecular formula is C13H14F2O4S. The van der Waals surface area contributed by atoms with Crippen molar-refractivity contribution in [3.8, 4) is 0 Å². The van der Waals surface area contributed by atoms with Gasteiger partial charge in [0.2, 0.25) is 0 Å². The van der Waals surface area contributed by atoms with Crippen molar-refractivity contribution in [2.45, 2.75) is 18.1 Å². The highest BCUT2D eigenvalue weighted by atomic mass is 32.2. The normalized spacial score (nSPS) is 17.1. The number of rotatable bonds is 4. The van der Waals surface area contributed by atoms with Crippen LogP contribution in [0.2, 0.25) is 0 Å². The number of ketones is 1. The Kier molecular flexibility index (Phi) is 4.49. The maximum absolute atomic E-state index is 13.4. The molecule has 0 saturated carbocycles. The van der Waals surface area contributed by atoms with Gasteiger partial charge in [-0.15, -0.1) is 0 Å². The first-order valence-electron chi connectivity index (χ1n) is 6.18. The van der Waals surface area contributed by atoms with Gasteiger partial charge in [0.1, 0.15) is 17.4 Å². The van der Waals surface area contributed by atoms with Crippen molar-refractivity contribution >= 4 is 15.6 Å². The first-order valence-corrected chi connectivity index (χ1v) is 7.89. The lowest BCUT2D eigenvalue weighted by atomic mass is 10.1. The van der Waals surface area contributed by atoms with E-state index in [0.29, 0.717) is 32.1 Å². The Balaban J connectivity index is 2.14. The van der Waals surface area contributed by atoms with E-state index >= 15 is 0 Å². The molecule has 1 heterocycles. The van der Waals surface area contributed by atoms with E-state index in [1.54, 1.807) is 0 Å². The number of carbonyl (C=O) groups excluding carboxylic acids is 1. The molecule has 0 radical (unpaired) electrons. The standard InChI is InChI=1S/C13H14F2O4S/c14-9-1-2-11(12(15)7-9)13(16)8-20(17,18)10-3-5-19-6-4-10/h1-2,7,10H,3-6,8H2. The number of carbonyl (C=O) groups is 1. The second-order valence-electron chi connectivity index (χ2n) is 4.67. The summed E-state index contributed by atoms with van der Waals surface area (Å²) in [5.41, 5.74) is -0.401. The van der Waals surface area contributed by atoms with Crippen molar-refractivity contribution in [2.75, 3.05) is 19.0 Å². The molecule has 0 unspecified atom stereocenters. The van der Waals surface area contributed by atoms with E-state index in [2.05, 4.69) is 0 Å². The second-order valence-corrected chi connectivity index (χ2v) is 6.95. The predicted octanol–water partition coefficient (Wildman–Crippen LogP) is 1.74. The molecule has 0 bridgehead atoms. The van der Waals surface area contributed by atoms with Crippen molar-refractivity contribution in [3.05, 3.63) is 35.4 Å². The highest BCUT2D eigenvalue weighted by Gasteiger charge is 2.30. The molecule has 1 fully saturated rings. The van der Waals surface area contributed by atoms with E-state index in [4.69, 9.17) is 4.74 Å². The molecule has 1 aromatic carbocycles. The summed E-state index contributed by atoms with van der Waals surface area (Å²) in [6.45, 7) is 0.673. The van der Waals surface area contributed by atoms with Crippen LogP contribution in [-0.2, 0) is 14.6 Å². The van der Waals surface area contributed by atoms with Gasteiger partial charge >= 0.3 is 0 Å². The summed E-state index contributed by atoms with van der Waals surface area (Å²) < 4.78 is 55.4. The molecule has 7 heteroatoms. The number of hydrogen-bond acceptors (Lipinski definition) is 4. The van der Waals surface area contributed by atoms with Crippen LogP contribution in [0.1, 0.15) is 23.2 Å². The number of sulfone groups is 1. The molecule has 2 rings (SSSR count). The van der Waals surface area contributed by atoms with Crippen molar-refractivity contribution in [1.82, 2.24) is 0 Å². The average Bonchev–Trinajstić information content (AvgIpc) is 2.39. The van der Waals surface area contributed by atoms with Crippen LogP contribution >= 0.6 is 0 Å². The van der Waals surface area contributed by atoms with Gasteiger partial charge in [0.15, 0.2) is 15.6 Å². The highest BCUT2D eigenvalue weighted by molar-refractivity contribution is 7.92. The van der Waals surface area contributed by atoms with Crippen molar-refractivity contribution in [3.63, 3.8) is 0 Å². The molecule has 0 spiro atoms. The molecule has 1 aliphatic rings. The van der Waals surface area contributed by atoms with Crippen LogP contribution in [0.3, 0.4) is 0 Å². The lowest BCUT2D eigenvalue weighted by Crippen LogP contribution is -2.33. The molecule has 0 aromatic heterocycles. The Morgan fingerprint density at radius 1 is 1.25 bits per heavy atom. The van der Waals surface area contributed by atoms with E-state index < -0.39 is 43.8 Å². The van der Waals surface area contributed by atoms with Gasteiger partial charge in [-0.1, -0.05) is 0 Å². The van der Waals surface area contributed by atoms with Gasteiger partial charge in [-0.05, 0) is 25.0 Å². The maximum Gasteiger partial charge on any atom is 0.180 e.